The number of hydrogen-bond acceptors (Lipinski definition) is 8. The molecular formula is C36H40F2N6O3S. The summed E-state index contributed by atoms with van der Waals surface area (Å²) in [5, 5.41) is 14.0. The average molecular weight is 675 g/mol. The number of carbonyl (C=O) groups is 1. The Balaban J connectivity index is 1.71. The number of fused-ring (bicyclic) bond motifs is 2. The molecule has 3 aromatic heterocycles. The zero-order chi connectivity index (χ0) is 34.7. The Morgan fingerprint density at radius 3 is 2.65 bits per heavy atom. The van der Waals surface area contributed by atoms with E-state index in [-0.39, 0.29) is 45.1 Å². The maximum Gasteiger partial charge on any atom is 0.412 e. The molecule has 48 heavy (non-hydrogen) atoms. The van der Waals surface area contributed by atoms with Crippen LogP contribution in [0.25, 0.3) is 33.1 Å². The highest BCUT2D eigenvalue weighted by atomic mass is 32.1. The van der Waals surface area contributed by atoms with E-state index in [0.717, 1.165) is 60.0 Å². The molecule has 9 nitrogen and oxygen atoms in total. The number of nitrogens with one attached hydrogen (secondary N) is 1. The monoisotopic (exact) mass is 674 g/mol. The van der Waals surface area contributed by atoms with E-state index < -0.39 is 23.3 Å². The Morgan fingerprint density at radius 1 is 1.21 bits per heavy atom. The van der Waals surface area contributed by atoms with Crippen molar-refractivity contribution in [1.29, 1.82) is 5.26 Å². The lowest BCUT2D eigenvalue weighted by atomic mass is 9.92. The number of aromatic nitrogens is 3. The second kappa shape index (κ2) is 14.3. The number of benzene rings is 1. The van der Waals surface area contributed by atoms with Crippen LogP contribution in [0.1, 0.15) is 96.5 Å². The van der Waals surface area contributed by atoms with Crippen molar-refractivity contribution >= 4 is 50.1 Å². The molecule has 1 aliphatic heterocycles. The van der Waals surface area contributed by atoms with Crippen LogP contribution in [0.3, 0.4) is 0 Å². The summed E-state index contributed by atoms with van der Waals surface area (Å²) in [6, 6.07) is 2.08. The van der Waals surface area contributed by atoms with E-state index in [4.69, 9.17) is 14.5 Å². The molecule has 1 aromatic carbocycles. The molecule has 4 aromatic rings. The van der Waals surface area contributed by atoms with Gasteiger partial charge in [-0.05, 0) is 65.0 Å². The summed E-state index contributed by atoms with van der Waals surface area (Å²) in [4.78, 5) is 26.2. The molecule has 252 valence electrons. The average Bonchev–Trinajstić information content (AvgIpc) is 3.78. The molecule has 0 saturated carbocycles. The summed E-state index contributed by atoms with van der Waals surface area (Å²) in [5.74, 6) is -0.582. The predicted molar refractivity (Wildman–Crippen MR) is 185 cm³/mol. The standard InChI is InChI=1S/C36H40F2N6O3S/c1-8-10-11-12-22-16-44(19-42-22)21(4)40-14-24-25-17-46-18-26(25)29(31(38)28(24)20(3)9-2)32-30-23(13-39)34(43-35(45)47-36(5,6)7)48-33(30)27(37)15-41-32/h14-16,19H,8-12,17-18H2,1-7H3,(H,43,45)/b24-14-,28-20?,40-21?. The number of anilines is 1. The Labute approximate surface area is 282 Å². The zero-order valence-electron chi connectivity index (χ0n) is 28.4. The highest BCUT2D eigenvalue weighted by Gasteiger charge is 2.30. The van der Waals surface area contributed by atoms with Crippen molar-refractivity contribution in [2.75, 3.05) is 5.32 Å². The molecule has 0 unspecified atom stereocenters. The molecule has 5 rings (SSSR count). The summed E-state index contributed by atoms with van der Waals surface area (Å²) in [5.41, 5.74) is 2.48. The minimum atomic E-state index is -0.796. The van der Waals surface area contributed by atoms with Crippen LogP contribution in [0.15, 0.2) is 23.7 Å². The first-order valence-electron chi connectivity index (χ1n) is 16.1. The van der Waals surface area contributed by atoms with Gasteiger partial charge in [-0.1, -0.05) is 32.3 Å². The highest BCUT2D eigenvalue weighted by Crippen LogP contribution is 2.43. The fourth-order valence-corrected chi connectivity index (χ4v) is 6.74. The van der Waals surface area contributed by atoms with Crippen molar-refractivity contribution in [3.8, 4) is 17.3 Å². The summed E-state index contributed by atoms with van der Waals surface area (Å²) in [6.45, 7) is 13.3. The quantitative estimate of drug-likeness (QED) is 0.116. The van der Waals surface area contributed by atoms with Gasteiger partial charge < -0.3 is 9.47 Å². The number of unbranched alkanes of at least 4 members (excludes halogenated alkanes) is 2. The SMILES string of the molecule is CCCCCc1cn(C(C)=N/C=c2/c3c(c(-c4ncc(F)c5sc(NC(=O)OC(C)(C)C)c(C#N)c45)c(F)c2=C(C)CC)COC3)cn1. The molecule has 0 aliphatic carbocycles. The van der Waals surface area contributed by atoms with Gasteiger partial charge in [-0.3, -0.25) is 14.9 Å². The number of ether oxygens (including phenoxy) is 2. The number of carbonyl (C=O) groups excluding carboxylic acids is 1. The third-order valence-corrected chi connectivity index (χ3v) is 9.32. The van der Waals surface area contributed by atoms with Gasteiger partial charge in [0.1, 0.15) is 34.7 Å². The van der Waals surface area contributed by atoms with Gasteiger partial charge in [0.15, 0.2) is 5.82 Å². The number of amides is 1. The number of hydrogen-bond donors (Lipinski definition) is 1. The molecule has 1 N–H and O–H groups in total. The largest absolute Gasteiger partial charge is 0.444 e. The second-order valence-electron chi connectivity index (χ2n) is 12.8. The lowest BCUT2D eigenvalue weighted by Crippen LogP contribution is -2.35. The van der Waals surface area contributed by atoms with E-state index >= 15 is 8.78 Å². The van der Waals surface area contributed by atoms with Crippen molar-refractivity contribution in [2.45, 2.75) is 99.4 Å². The third kappa shape index (κ3) is 7.03. The molecular weight excluding hydrogens is 634 g/mol. The zero-order valence-corrected chi connectivity index (χ0v) is 29.2. The molecule has 0 fully saturated rings. The lowest BCUT2D eigenvalue weighted by molar-refractivity contribution is 0.0636. The van der Waals surface area contributed by atoms with Gasteiger partial charge in [0.05, 0.1) is 41.1 Å². The smallest absolute Gasteiger partial charge is 0.412 e. The van der Waals surface area contributed by atoms with Crippen LogP contribution in [0.5, 0.6) is 0 Å². The molecule has 0 bridgehead atoms. The summed E-state index contributed by atoms with van der Waals surface area (Å²) in [6.07, 6.45) is 10.4. The minimum absolute atomic E-state index is 0.0297. The molecule has 0 radical (unpaired) electrons. The maximum absolute atomic E-state index is 17.1. The number of imidazole rings is 1. The van der Waals surface area contributed by atoms with E-state index in [1.807, 2.05) is 31.5 Å². The normalized spacial score (nSPS) is 14.3. The molecule has 1 aliphatic rings. The fraction of sp³-hybridized carbons (Fsp3) is 0.417. The van der Waals surface area contributed by atoms with Crippen molar-refractivity contribution in [2.24, 2.45) is 4.99 Å². The van der Waals surface area contributed by atoms with E-state index in [1.54, 1.807) is 33.3 Å². The number of aryl methyl sites for hydroxylation is 1. The molecule has 1 amide bonds. The number of nitriles is 1. The van der Waals surface area contributed by atoms with Gasteiger partial charge in [-0.25, -0.2) is 23.6 Å². The Hall–Kier alpha value is -4.47. The van der Waals surface area contributed by atoms with E-state index in [0.29, 0.717) is 28.3 Å². The van der Waals surface area contributed by atoms with Gasteiger partial charge in [-0.15, -0.1) is 11.3 Å². The molecule has 0 spiro atoms. The van der Waals surface area contributed by atoms with Crippen LogP contribution in [0.2, 0.25) is 0 Å². The number of rotatable bonds is 8. The van der Waals surface area contributed by atoms with Crippen molar-refractivity contribution in [3.63, 3.8) is 0 Å². The first kappa shape index (κ1) is 34.9. The molecule has 0 atom stereocenters. The van der Waals surface area contributed by atoms with E-state index in [2.05, 4.69) is 28.3 Å². The van der Waals surface area contributed by atoms with Gasteiger partial charge in [0, 0.05) is 33.8 Å². The number of aliphatic imine (C=N–C) groups is 1. The maximum atomic E-state index is 17.1. The van der Waals surface area contributed by atoms with Gasteiger partial charge >= 0.3 is 6.09 Å². The summed E-state index contributed by atoms with van der Waals surface area (Å²) >= 11 is 0.872. The van der Waals surface area contributed by atoms with Crippen molar-refractivity contribution in [1.82, 2.24) is 14.5 Å². The van der Waals surface area contributed by atoms with Crippen LogP contribution in [-0.4, -0.2) is 32.1 Å². The van der Waals surface area contributed by atoms with Gasteiger partial charge in [0.2, 0.25) is 0 Å². The molecule has 0 saturated heterocycles. The van der Waals surface area contributed by atoms with Crippen LogP contribution >= 0.6 is 11.3 Å². The summed E-state index contributed by atoms with van der Waals surface area (Å²) in [7, 11) is 0. The first-order valence-corrected chi connectivity index (χ1v) is 16.9. The van der Waals surface area contributed by atoms with Crippen LogP contribution in [-0.2, 0) is 29.1 Å². The third-order valence-electron chi connectivity index (χ3n) is 8.21. The lowest BCUT2D eigenvalue weighted by Gasteiger charge is -2.19. The molecule has 12 heteroatoms. The van der Waals surface area contributed by atoms with Gasteiger partial charge in [0.25, 0.3) is 0 Å². The van der Waals surface area contributed by atoms with Crippen LogP contribution in [0, 0.1) is 23.0 Å². The molecule has 4 heterocycles. The highest BCUT2D eigenvalue weighted by molar-refractivity contribution is 7.23. The number of nitrogens with zero attached hydrogens (tertiary/aromatic N) is 5. The second-order valence-corrected chi connectivity index (χ2v) is 13.8. The van der Waals surface area contributed by atoms with Crippen molar-refractivity contribution in [3.05, 3.63) is 63.2 Å². The number of thiophene rings is 1. The van der Waals surface area contributed by atoms with Gasteiger partial charge in [-0.2, -0.15) is 5.26 Å². The Morgan fingerprint density at radius 2 is 1.96 bits per heavy atom. The first-order chi connectivity index (χ1) is 22.9. The predicted octanol–water partition coefficient (Wildman–Crippen LogP) is 7.70. The Kier molecular flexibility index (Phi) is 10.4. The summed E-state index contributed by atoms with van der Waals surface area (Å²) < 4.78 is 45.5. The fourth-order valence-electron chi connectivity index (χ4n) is 5.70. The van der Waals surface area contributed by atoms with Crippen LogP contribution in [0.4, 0.5) is 18.6 Å². The van der Waals surface area contributed by atoms with Crippen molar-refractivity contribution < 1.29 is 23.0 Å². The van der Waals surface area contributed by atoms with E-state index in [9.17, 15) is 10.1 Å². The van der Waals surface area contributed by atoms with Crippen LogP contribution < -0.4 is 15.8 Å². The number of pyridine rings is 1. The van der Waals surface area contributed by atoms with E-state index in [1.165, 1.54) is 0 Å². The topological polar surface area (TPSA) is 114 Å². The minimum Gasteiger partial charge on any atom is -0.444 e. The number of halogens is 2. The Bertz CT molecular complexity index is 2090.